The molecule has 1 aliphatic rings. The van der Waals surface area contributed by atoms with E-state index in [4.69, 9.17) is 5.11 Å². The van der Waals surface area contributed by atoms with Crippen LogP contribution >= 0.6 is 0 Å². The van der Waals surface area contributed by atoms with E-state index >= 15 is 0 Å². The molecule has 2 N–H and O–H groups in total. The van der Waals surface area contributed by atoms with Crippen LogP contribution in [0.1, 0.15) is 32.6 Å². The molecule has 5 heteroatoms. The number of likely N-dealkylation sites (tertiary alicyclic amines) is 1. The largest absolute Gasteiger partial charge is 0.396 e. The lowest BCUT2D eigenvalue weighted by Gasteiger charge is -2.30. The SMILES string of the molecule is CC(=O)N1CCC(C(=O)NCCCCO)CC1. The van der Waals surface area contributed by atoms with Gasteiger partial charge in [0.1, 0.15) is 0 Å². The first-order valence-electron chi connectivity index (χ1n) is 6.29. The fraction of sp³-hybridized carbons (Fsp3) is 0.833. The van der Waals surface area contributed by atoms with Crippen LogP contribution in [0.2, 0.25) is 0 Å². The van der Waals surface area contributed by atoms with Crippen LogP contribution in [0, 0.1) is 5.92 Å². The van der Waals surface area contributed by atoms with Gasteiger partial charge in [0.25, 0.3) is 0 Å². The van der Waals surface area contributed by atoms with Crippen LogP contribution in [0.3, 0.4) is 0 Å². The molecule has 0 saturated carbocycles. The third-order valence-corrected chi connectivity index (χ3v) is 3.20. The zero-order chi connectivity index (χ0) is 12.7. The second-order valence-electron chi connectivity index (χ2n) is 4.50. The molecule has 0 aromatic rings. The number of aliphatic hydroxyl groups excluding tert-OH is 1. The maximum atomic E-state index is 11.8. The van der Waals surface area contributed by atoms with Gasteiger partial charge in [0.2, 0.25) is 11.8 Å². The highest BCUT2D eigenvalue weighted by Crippen LogP contribution is 2.17. The molecule has 1 heterocycles. The molecule has 0 aromatic carbocycles. The molecule has 0 bridgehead atoms. The van der Waals surface area contributed by atoms with Gasteiger partial charge in [-0.2, -0.15) is 0 Å². The summed E-state index contributed by atoms with van der Waals surface area (Å²) in [6, 6.07) is 0. The molecule has 1 aliphatic heterocycles. The van der Waals surface area contributed by atoms with Gasteiger partial charge in [0, 0.05) is 39.1 Å². The molecule has 0 radical (unpaired) electrons. The quantitative estimate of drug-likeness (QED) is 0.673. The first-order valence-corrected chi connectivity index (χ1v) is 6.29. The van der Waals surface area contributed by atoms with Crippen molar-refractivity contribution in [3.63, 3.8) is 0 Å². The summed E-state index contributed by atoms with van der Waals surface area (Å²) in [6.07, 6.45) is 3.05. The maximum Gasteiger partial charge on any atom is 0.223 e. The molecule has 2 amide bonds. The Morgan fingerprint density at radius 2 is 1.94 bits per heavy atom. The summed E-state index contributed by atoms with van der Waals surface area (Å²) in [5.74, 6) is 0.220. The predicted octanol–water partition coefficient (Wildman–Crippen LogP) is 0.134. The van der Waals surface area contributed by atoms with E-state index in [2.05, 4.69) is 5.32 Å². The van der Waals surface area contributed by atoms with Crippen LogP contribution in [0.4, 0.5) is 0 Å². The van der Waals surface area contributed by atoms with Gasteiger partial charge in [0.15, 0.2) is 0 Å². The van der Waals surface area contributed by atoms with Crippen molar-refractivity contribution in [2.24, 2.45) is 5.92 Å². The average Bonchev–Trinajstić information content (AvgIpc) is 2.34. The van der Waals surface area contributed by atoms with Crippen molar-refractivity contribution in [3.8, 4) is 0 Å². The summed E-state index contributed by atoms with van der Waals surface area (Å²) in [5, 5.41) is 11.5. The van der Waals surface area contributed by atoms with Gasteiger partial charge in [-0.25, -0.2) is 0 Å². The molecule has 1 saturated heterocycles. The zero-order valence-corrected chi connectivity index (χ0v) is 10.4. The lowest BCUT2D eigenvalue weighted by Crippen LogP contribution is -2.42. The fourth-order valence-electron chi connectivity index (χ4n) is 2.05. The highest BCUT2D eigenvalue weighted by atomic mass is 16.3. The van der Waals surface area contributed by atoms with E-state index in [1.807, 2.05) is 0 Å². The molecule has 1 fully saturated rings. The molecule has 1 rings (SSSR count). The number of carbonyl (C=O) groups excluding carboxylic acids is 2. The number of unbranched alkanes of at least 4 members (excludes halogenated alkanes) is 1. The lowest BCUT2D eigenvalue weighted by molar-refractivity contribution is -0.133. The van der Waals surface area contributed by atoms with E-state index in [1.165, 1.54) is 0 Å². The van der Waals surface area contributed by atoms with Crippen LogP contribution in [-0.4, -0.2) is 48.1 Å². The Labute approximate surface area is 102 Å². The first kappa shape index (κ1) is 14.0. The predicted molar refractivity (Wildman–Crippen MR) is 64.3 cm³/mol. The van der Waals surface area contributed by atoms with Crippen molar-refractivity contribution in [3.05, 3.63) is 0 Å². The molecular formula is C12H22N2O3. The van der Waals surface area contributed by atoms with E-state index in [0.717, 1.165) is 25.7 Å². The smallest absolute Gasteiger partial charge is 0.223 e. The summed E-state index contributed by atoms with van der Waals surface area (Å²) >= 11 is 0. The third-order valence-electron chi connectivity index (χ3n) is 3.20. The van der Waals surface area contributed by atoms with Crippen molar-refractivity contribution < 1.29 is 14.7 Å². The Bertz CT molecular complexity index is 260. The molecule has 0 aromatic heterocycles. The van der Waals surface area contributed by atoms with Gasteiger partial charge < -0.3 is 15.3 Å². The minimum atomic E-state index is 0.0414. The Morgan fingerprint density at radius 1 is 1.29 bits per heavy atom. The minimum absolute atomic E-state index is 0.0414. The van der Waals surface area contributed by atoms with Crippen molar-refractivity contribution >= 4 is 11.8 Å². The number of hydrogen-bond acceptors (Lipinski definition) is 3. The number of aliphatic hydroxyl groups is 1. The Kier molecular flexibility index (Phi) is 5.97. The molecule has 0 spiro atoms. The summed E-state index contributed by atoms with van der Waals surface area (Å²) < 4.78 is 0. The molecular weight excluding hydrogens is 220 g/mol. The second kappa shape index (κ2) is 7.27. The molecule has 5 nitrogen and oxygen atoms in total. The number of rotatable bonds is 5. The summed E-state index contributed by atoms with van der Waals surface area (Å²) in [4.78, 5) is 24.7. The molecule has 0 aliphatic carbocycles. The van der Waals surface area contributed by atoms with Gasteiger partial charge in [-0.3, -0.25) is 9.59 Å². The van der Waals surface area contributed by atoms with Gasteiger partial charge in [-0.05, 0) is 25.7 Å². The van der Waals surface area contributed by atoms with Gasteiger partial charge in [-0.1, -0.05) is 0 Å². The second-order valence-corrected chi connectivity index (χ2v) is 4.50. The van der Waals surface area contributed by atoms with Crippen LogP contribution in [0.15, 0.2) is 0 Å². The van der Waals surface area contributed by atoms with Crippen molar-refractivity contribution in [2.75, 3.05) is 26.2 Å². The summed E-state index contributed by atoms with van der Waals surface area (Å²) in [7, 11) is 0. The van der Waals surface area contributed by atoms with E-state index < -0.39 is 0 Å². The molecule has 17 heavy (non-hydrogen) atoms. The maximum absolute atomic E-state index is 11.8. The normalized spacial score (nSPS) is 16.9. The monoisotopic (exact) mass is 242 g/mol. The summed E-state index contributed by atoms with van der Waals surface area (Å²) in [6.45, 7) is 3.74. The van der Waals surface area contributed by atoms with Gasteiger partial charge in [0.05, 0.1) is 0 Å². The van der Waals surface area contributed by atoms with Gasteiger partial charge >= 0.3 is 0 Å². The van der Waals surface area contributed by atoms with Crippen LogP contribution in [0.25, 0.3) is 0 Å². The number of hydrogen-bond donors (Lipinski definition) is 2. The van der Waals surface area contributed by atoms with Crippen molar-refractivity contribution in [1.82, 2.24) is 10.2 Å². The Hall–Kier alpha value is -1.10. The highest BCUT2D eigenvalue weighted by Gasteiger charge is 2.25. The number of nitrogens with one attached hydrogen (secondary N) is 1. The van der Waals surface area contributed by atoms with E-state index in [0.29, 0.717) is 19.6 Å². The fourth-order valence-corrected chi connectivity index (χ4v) is 2.05. The standard InChI is InChI=1S/C12H22N2O3/c1-10(16)14-7-4-11(5-8-14)12(17)13-6-2-3-9-15/h11,15H,2-9H2,1H3,(H,13,17). The highest BCUT2D eigenvalue weighted by molar-refractivity contribution is 5.79. The number of carbonyl (C=O) groups is 2. The Morgan fingerprint density at radius 3 is 2.47 bits per heavy atom. The van der Waals surface area contributed by atoms with E-state index in [1.54, 1.807) is 11.8 Å². The molecule has 0 atom stereocenters. The van der Waals surface area contributed by atoms with Crippen LogP contribution in [-0.2, 0) is 9.59 Å². The van der Waals surface area contributed by atoms with E-state index in [9.17, 15) is 9.59 Å². The summed E-state index contributed by atoms with van der Waals surface area (Å²) in [5.41, 5.74) is 0. The topological polar surface area (TPSA) is 69.6 Å². The third kappa shape index (κ3) is 4.73. The number of nitrogens with zero attached hydrogens (tertiary/aromatic N) is 1. The lowest BCUT2D eigenvalue weighted by atomic mass is 9.96. The van der Waals surface area contributed by atoms with Crippen molar-refractivity contribution in [1.29, 1.82) is 0 Å². The van der Waals surface area contributed by atoms with Crippen LogP contribution < -0.4 is 5.32 Å². The number of piperidine rings is 1. The zero-order valence-electron chi connectivity index (χ0n) is 10.4. The molecule has 0 unspecified atom stereocenters. The first-order chi connectivity index (χ1) is 8.15. The average molecular weight is 242 g/mol. The van der Waals surface area contributed by atoms with Gasteiger partial charge in [-0.15, -0.1) is 0 Å². The molecule has 98 valence electrons. The van der Waals surface area contributed by atoms with E-state index in [-0.39, 0.29) is 24.3 Å². The van der Waals surface area contributed by atoms with Crippen molar-refractivity contribution in [2.45, 2.75) is 32.6 Å². The Balaban J connectivity index is 2.19. The number of amides is 2. The van der Waals surface area contributed by atoms with Crippen LogP contribution in [0.5, 0.6) is 0 Å². The minimum Gasteiger partial charge on any atom is -0.396 e.